The Morgan fingerprint density at radius 3 is 2.13 bits per heavy atom. The number of hydrogen-bond acceptors (Lipinski definition) is 6. The lowest BCUT2D eigenvalue weighted by molar-refractivity contribution is -0.159. The maximum absolute atomic E-state index is 9.10. The van der Waals surface area contributed by atoms with Crippen LogP contribution in [0.15, 0.2) is 42.6 Å². The molecule has 1 heterocycles. The number of carboxylic acid groups (broad SMARTS) is 2. The summed E-state index contributed by atoms with van der Waals surface area (Å²) in [4.78, 5) is 21.5. The number of benzene rings is 2. The highest BCUT2D eigenvalue weighted by Crippen LogP contribution is 2.38. The van der Waals surface area contributed by atoms with Gasteiger partial charge in [-0.1, -0.05) is 18.2 Å². The molecule has 0 aliphatic carbocycles. The molecule has 0 saturated heterocycles. The fourth-order valence-electron chi connectivity index (χ4n) is 3.03. The van der Waals surface area contributed by atoms with Gasteiger partial charge in [0.05, 0.1) is 21.3 Å². The summed E-state index contributed by atoms with van der Waals surface area (Å²) < 4.78 is 16.1. The third-order valence-electron chi connectivity index (χ3n) is 4.48. The maximum atomic E-state index is 9.10. The number of H-pyrrole nitrogens is 1. The SMILES string of the molecule is COc1cc(CNCCc2c[nH]c3ccccc23)cc(OC)c1OC.O=C(O)C(=O)O. The molecule has 0 aliphatic heterocycles. The topological polar surface area (TPSA) is 130 Å². The lowest BCUT2D eigenvalue weighted by Gasteiger charge is -2.14. The third kappa shape index (κ3) is 6.38. The second kappa shape index (κ2) is 11.5. The summed E-state index contributed by atoms with van der Waals surface area (Å²) in [5.41, 5.74) is 3.60. The highest BCUT2D eigenvalue weighted by Gasteiger charge is 2.13. The second-order valence-electron chi connectivity index (χ2n) is 6.43. The zero-order chi connectivity index (χ0) is 22.8. The van der Waals surface area contributed by atoms with E-state index >= 15 is 0 Å². The smallest absolute Gasteiger partial charge is 0.414 e. The zero-order valence-electron chi connectivity index (χ0n) is 17.6. The first kappa shape index (κ1) is 23.6. The zero-order valence-corrected chi connectivity index (χ0v) is 17.6. The number of ether oxygens (including phenoxy) is 3. The number of rotatable bonds is 8. The Morgan fingerprint density at radius 1 is 0.968 bits per heavy atom. The minimum atomic E-state index is -1.82. The molecule has 166 valence electrons. The van der Waals surface area contributed by atoms with Crippen molar-refractivity contribution >= 4 is 22.8 Å². The van der Waals surface area contributed by atoms with E-state index in [0.29, 0.717) is 17.2 Å². The molecule has 3 aromatic rings. The van der Waals surface area contributed by atoms with Crippen molar-refractivity contribution in [2.45, 2.75) is 13.0 Å². The van der Waals surface area contributed by atoms with Crippen LogP contribution >= 0.6 is 0 Å². The normalized spacial score (nSPS) is 10.2. The van der Waals surface area contributed by atoms with Crippen LogP contribution < -0.4 is 19.5 Å². The summed E-state index contributed by atoms with van der Waals surface area (Å²) in [5.74, 6) is -1.68. The van der Waals surface area contributed by atoms with Crippen LogP contribution in [0.1, 0.15) is 11.1 Å². The Hall–Kier alpha value is -3.72. The predicted octanol–water partition coefficient (Wildman–Crippen LogP) is 2.68. The lowest BCUT2D eigenvalue weighted by Crippen LogP contribution is -2.16. The van der Waals surface area contributed by atoms with Gasteiger partial charge in [-0.05, 0) is 42.3 Å². The van der Waals surface area contributed by atoms with E-state index in [4.69, 9.17) is 34.0 Å². The Labute approximate surface area is 179 Å². The fraction of sp³-hybridized carbons (Fsp3) is 0.273. The number of fused-ring (bicyclic) bond motifs is 1. The van der Waals surface area contributed by atoms with Crippen LogP contribution in [0, 0.1) is 0 Å². The molecule has 9 heteroatoms. The Bertz CT molecular complexity index is 993. The average Bonchev–Trinajstić information content (AvgIpc) is 3.19. The maximum Gasteiger partial charge on any atom is 0.414 e. The van der Waals surface area contributed by atoms with Crippen LogP contribution in [-0.2, 0) is 22.6 Å². The highest BCUT2D eigenvalue weighted by atomic mass is 16.5. The summed E-state index contributed by atoms with van der Waals surface area (Å²) in [6, 6.07) is 12.3. The van der Waals surface area contributed by atoms with E-state index in [1.807, 2.05) is 18.2 Å². The molecule has 1 aromatic heterocycles. The van der Waals surface area contributed by atoms with Gasteiger partial charge in [-0.15, -0.1) is 0 Å². The van der Waals surface area contributed by atoms with E-state index in [9.17, 15) is 0 Å². The molecule has 0 atom stereocenters. The largest absolute Gasteiger partial charge is 0.493 e. The Balaban J connectivity index is 0.000000501. The van der Waals surface area contributed by atoms with Crippen LogP contribution in [-0.4, -0.2) is 55.0 Å². The molecule has 2 aromatic carbocycles. The third-order valence-corrected chi connectivity index (χ3v) is 4.48. The molecule has 4 N–H and O–H groups in total. The van der Waals surface area contributed by atoms with Gasteiger partial charge in [0.2, 0.25) is 5.75 Å². The number of aromatic nitrogens is 1. The van der Waals surface area contributed by atoms with Gasteiger partial charge in [-0.3, -0.25) is 0 Å². The van der Waals surface area contributed by atoms with Crippen LogP contribution in [0.2, 0.25) is 0 Å². The molecule has 3 rings (SSSR count). The molecule has 0 fully saturated rings. The summed E-state index contributed by atoms with van der Waals surface area (Å²) in [6.07, 6.45) is 3.06. The Kier molecular flexibility index (Phi) is 8.71. The number of carboxylic acids is 2. The molecule has 0 aliphatic rings. The fourth-order valence-corrected chi connectivity index (χ4v) is 3.03. The Morgan fingerprint density at radius 2 is 1.58 bits per heavy atom. The number of aliphatic carboxylic acids is 2. The van der Waals surface area contributed by atoms with Crippen molar-refractivity contribution in [1.82, 2.24) is 10.3 Å². The van der Waals surface area contributed by atoms with Gasteiger partial charge >= 0.3 is 11.9 Å². The van der Waals surface area contributed by atoms with E-state index in [0.717, 1.165) is 25.1 Å². The number of aromatic amines is 1. The summed E-state index contributed by atoms with van der Waals surface area (Å²) in [7, 11) is 4.87. The highest BCUT2D eigenvalue weighted by molar-refractivity contribution is 6.27. The minimum Gasteiger partial charge on any atom is -0.493 e. The number of para-hydroxylation sites is 1. The molecule has 9 nitrogen and oxygen atoms in total. The van der Waals surface area contributed by atoms with E-state index in [1.54, 1.807) is 21.3 Å². The number of carbonyl (C=O) groups is 2. The van der Waals surface area contributed by atoms with Gasteiger partial charge in [-0.2, -0.15) is 0 Å². The minimum absolute atomic E-state index is 0.618. The predicted molar refractivity (Wildman–Crippen MR) is 115 cm³/mol. The first-order valence-electron chi connectivity index (χ1n) is 9.42. The van der Waals surface area contributed by atoms with E-state index in [2.05, 4.69) is 34.7 Å². The molecule has 0 amide bonds. The van der Waals surface area contributed by atoms with Gasteiger partial charge in [0.1, 0.15) is 0 Å². The first-order valence-corrected chi connectivity index (χ1v) is 9.42. The number of methoxy groups -OCH3 is 3. The summed E-state index contributed by atoms with van der Waals surface area (Å²) in [5, 5.41) is 19.6. The van der Waals surface area contributed by atoms with E-state index < -0.39 is 11.9 Å². The number of nitrogens with one attached hydrogen (secondary N) is 2. The molecule has 0 spiro atoms. The van der Waals surface area contributed by atoms with E-state index in [-0.39, 0.29) is 0 Å². The molecule has 0 saturated carbocycles. The standard InChI is InChI=1S/C20H24N2O3.C2H2O4/c1-23-18-10-14(11-19(24-2)20(18)25-3)12-21-9-8-15-13-22-17-7-5-4-6-16(15)17;3-1(4)2(5)6/h4-7,10-11,13,21-22H,8-9,12H2,1-3H3;(H,3,4)(H,5,6). The van der Waals surface area contributed by atoms with Gasteiger partial charge in [0.15, 0.2) is 11.5 Å². The molecule has 31 heavy (non-hydrogen) atoms. The quantitative estimate of drug-likeness (QED) is 0.317. The van der Waals surface area contributed by atoms with Crippen LogP contribution in [0.5, 0.6) is 17.2 Å². The van der Waals surface area contributed by atoms with Crippen molar-refractivity contribution < 1.29 is 34.0 Å². The van der Waals surface area contributed by atoms with Crippen molar-refractivity contribution in [3.63, 3.8) is 0 Å². The van der Waals surface area contributed by atoms with Crippen molar-refractivity contribution in [1.29, 1.82) is 0 Å². The summed E-state index contributed by atoms with van der Waals surface area (Å²) >= 11 is 0. The van der Waals surface area contributed by atoms with Gasteiger partial charge in [0, 0.05) is 23.6 Å². The lowest BCUT2D eigenvalue weighted by atomic mass is 10.1. The average molecular weight is 430 g/mol. The van der Waals surface area contributed by atoms with Crippen molar-refractivity contribution in [3.05, 3.63) is 53.7 Å². The molecular formula is C22H26N2O7. The van der Waals surface area contributed by atoms with Gasteiger partial charge in [-0.25, -0.2) is 9.59 Å². The molecular weight excluding hydrogens is 404 g/mol. The second-order valence-corrected chi connectivity index (χ2v) is 6.43. The van der Waals surface area contributed by atoms with Crippen LogP contribution in [0.3, 0.4) is 0 Å². The van der Waals surface area contributed by atoms with Gasteiger partial charge < -0.3 is 34.7 Å². The molecule has 0 radical (unpaired) electrons. The molecule has 0 unspecified atom stereocenters. The first-order chi connectivity index (χ1) is 14.9. The van der Waals surface area contributed by atoms with Crippen molar-refractivity contribution in [2.75, 3.05) is 27.9 Å². The van der Waals surface area contributed by atoms with Crippen molar-refractivity contribution in [2.24, 2.45) is 0 Å². The van der Waals surface area contributed by atoms with Crippen LogP contribution in [0.4, 0.5) is 0 Å². The van der Waals surface area contributed by atoms with Crippen molar-refractivity contribution in [3.8, 4) is 17.2 Å². The summed E-state index contributed by atoms with van der Waals surface area (Å²) in [6.45, 7) is 1.62. The number of hydrogen-bond donors (Lipinski definition) is 4. The molecule has 0 bridgehead atoms. The van der Waals surface area contributed by atoms with Crippen LogP contribution in [0.25, 0.3) is 10.9 Å². The van der Waals surface area contributed by atoms with E-state index in [1.165, 1.54) is 16.5 Å². The van der Waals surface area contributed by atoms with Gasteiger partial charge in [0.25, 0.3) is 0 Å². The monoisotopic (exact) mass is 430 g/mol.